The molecule has 0 unspecified atom stereocenters. The fraction of sp³-hybridized carbons (Fsp3) is 0.125. The van der Waals surface area contributed by atoms with Gasteiger partial charge in [0.15, 0.2) is 0 Å². The Hall–Kier alpha value is -2.42. The normalized spacial score (nSPS) is 11.9. The monoisotopic (exact) mass is 380 g/mol. The van der Waals surface area contributed by atoms with Gasteiger partial charge in [0.1, 0.15) is 10.1 Å². The summed E-state index contributed by atoms with van der Waals surface area (Å²) in [5.74, 6) is -0.274. The summed E-state index contributed by atoms with van der Waals surface area (Å²) < 4.78 is 32.5. The number of halogens is 1. The van der Waals surface area contributed by atoms with Gasteiger partial charge in [0.05, 0.1) is 27.7 Å². The number of carbonyl (C=O) groups is 1. The third-order valence-corrected chi connectivity index (χ3v) is 4.26. The van der Waals surface area contributed by atoms with Crippen molar-refractivity contribution in [1.82, 2.24) is 0 Å². The van der Waals surface area contributed by atoms with Crippen molar-refractivity contribution in [2.75, 3.05) is 10.7 Å². The van der Waals surface area contributed by atoms with E-state index < -0.39 is 10.1 Å². The molecule has 0 spiro atoms. The fourth-order valence-electron chi connectivity index (χ4n) is 1.88. The van der Waals surface area contributed by atoms with Crippen molar-refractivity contribution in [3.05, 3.63) is 53.6 Å². The standard InChI is InChI=1S/C16H16ClN3O4S/c1-11(10-16(21)18-15-5-3-2-4-14(15)17)19-20-12-6-8-13(9-7-12)25(22,23)24/h2-9,20H,10H2,1H3,(H,18,21)(H,22,23,24)/p-1/b19-11-. The van der Waals surface area contributed by atoms with E-state index in [4.69, 9.17) is 11.6 Å². The lowest BCUT2D eigenvalue weighted by Crippen LogP contribution is -2.15. The second-order valence-corrected chi connectivity index (χ2v) is 6.93. The third kappa shape index (κ3) is 5.86. The van der Waals surface area contributed by atoms with E-state index in [0.29, 0.717) is 22.1 Å². The van der Waals surface area contributed by atoms with Crippen molar-refractivity contribution in [1.29, 1.82) is 0 Å². The van der Waals surface area contributed by atoms with Crippen LogP contribution in [0.2, 0.25) is 5.02 Å². The van der Waals surface area contributed by atoms with Gasteiger partial charge in [-0.3, -0.25) is 10.2 Å². The van der Waals surface area contributed by atoms with Crippen LogP contribution < -0.4 is 10.7 Å². The van der Waals surface area contributed by atoms with Crippen LogP contribution in [0.1, 0.15) is 13.3 Å². The van der Waals surface area contributed by atoms with E-state index in [2.05, 4.69) is 15.8 Å². The molecule has 2 aromatic carbocycles. The molecular formula is C16H15ClN3O4S-. The molecule has 0 fully saturated rings. The van der Waals surface area contributed by atoms with Crippen molar-refractivity contribution >= 4 is 44.7 Å². The van der Waals surface area contributed by atoms with Crippen molar-refractivity contribution in [3.63, 3.8) is 0 Å². The zero-order valence-electron chi connectivity index (χ0n) is 13.2. The maximum Gasteiger partial charge on any atom is 0.230 e. The maximum absolute atomic E-state index is 12.0. The highest BCUT2D eigenvalue weighted by Gasteiger charge is 2.07. The number of benzene rings is 2. The van der Waals surface area contributed by atoms with Gasteiger partial charge in [-0.2, -0.15) is 5.10 Å². The fourth-order valence-corrected chi connectivity index (χ4v) is 2.54. The molecule has 132 valence electrons. The van der Waals surface area contributed by atoms with E-state index in [-0.39, 0.29) is 17.2 Å². The zero-order valence-corrected chi connectivity index (χ0v) is 14.8. The Morgan fingerprint density at radius 3 is 2.40 bits per heavy atom. The predicted molar refractivity (Wildman–Crippen MR) is 95.8 cm³/mol. The van der Waals surface area contributed by atoms with Gasteiger partial charge in [0, 0.05) is 5.71 Å². The van der Waals surface area contributed by atoms with Crippen LogP contribution in [-0.4, -0.2) is 24.6 Å². The largest absolute Gasteiger partial charge is 0.744 e. The Morgan fingerprint density at radius 1 is 1.16 bits per heavy atom. The molecule has 9 heteroatoms. The number of hydrogen-bond donors (Lipinski definition) is 2. The maximum atomic E-state index is 12.0. The number of carbonyl (C=O) groups excluding carboxylic acids is 1. The lowest BCUT2D eigenvalue weighted by molar-refractivity contribution is -0.115. The van der Waals surface area contributed by atoms with Crippen molar-refractivity contribution in [2.45, 2.75) is 18.2 Å². The zero-order chi connectivity index (χ0) is 18.4. The van der Waals surface area contributed by atoms with Gasteiger partial charge in [0.25, 0.3) is 0 Å². The summed E-state index contributed by atoms with van der Waals surface area (Å²) >= 11 is 5.97. The van der Waals surface area contributed by atoms with Crippen molar-refractivity contribution in [2.24, 2.45) is 5.10 Å². The van der Waals surface area contributed by atoms with Crippen LogP contribution in [0.15, 0.2) is 58.5 Å². The minimum atomic E-state index is -4.48. The molecule has 2 rings (SSSR count). The first-order chi connectivity index (χ1) is 11.8. The minimum Gasteiger partial charge on any atom is -0.744 e. The van der Waals surface area contributed by atoms with Gasteiger partial charge in [0.2, 0.25) is 5.91 Å². The highest BCUT2D eigenvalue weighted by molar-refractivity contribution is 7.85. The van der Waals surface area contributed by atoms with E-state index in [1.807, 2.05) is 0 Å². The van der Waals surface area contributed by atoms with Crippen LogP contribution in [-0.2, 0) is 14.9 Å². The molecule has 0 bridgehead atoms. The number of hydrazone groups is 1. The topological polar surface area (TPSA) is 111 Å². The number of nitrogens with zero attached hydrogens (tertiary/aromatic N) is 1. The summed E-state index contributed by atoms with van der Waals surface area (Å²) in [6, 6.07) is 12.1. The van der Waals surface area contributed by atoms with E-state index >= 15 is 0 Å². The first-order valence-corrected chi connectivity index (χ1v) is 8.94. The smallest absolute Gasteiger partial charge is 0.230 e. The molecule has 0 aliphatic rings. The molecule has 2 N–H and O–H groups in total. The molecule has 0 saturated heterocycles. The Kier molecular flexibility index (Phi) is 6.13. The van der Waals surface area contributed by atoms with E-state index in [1.165, 1.54) is 24.3 Å². The molecule has 25 heavy (non-hydrogen) atoms. The molecule has 0 atom stereocenters. The first kappa shape index (κ1) is 18.9. The molecule has 0 saturated carbocycles. The van der Waals surface area contributed by atoms with E-state index in [9.17, 15) is 17.8 Å². The molecule has 0 aliphatic carbocycles. The highest BCUT2D eigenvalue weighted by atomic mass is 35.5. The van der Waals surface area contributed by atoms with Crippen LogP contribution >= 0.6 is 11.6 Å². The van der Waals surface area contributed by atoms with Crippen LogP contribution in [0.3, 0.4) is 0 Å². The van der Waals surface area contributed by atoms with Crippen molar-refractivity contribution < 1.29 is 17.8 Å². The molecule has 0 aliphatic heterocycles. The molecule has 1 amide bonds. The Labute approximate surface area is 150 Å². The van der Waals surface area contributed by atoms with Crippen molar-refractivity contribution in [3.8, 4) is 0 Å². The summed E-state index contributed by atoms with van der Waals surface area (Å²) in [5, 5.41) is 7.16. The highest BCUT2D eigenvalue weighted by Crippen LogP contribution is 2.20. The molecular weight excluding hydrogens is 366 g/mol. The van der Waals surface area contributed by atoms with E-state index in [0.717, 1.165) is 0 Å². The summed E-state index contributed by atoms with van der Waals surface area (Å²) in [5.41, 5.74) is 4.20. The second kappa shape index (κ2) is 8.11. The van der Waals surface area contributed by atoms with Gasteiger partial charge in [-0.1, -0.05) is 23.7 Å². The lowest BCUT2D eigenvalue weighted by Gasteiger charge is -2.08. The number of hydrogen-bond acceptors (Lipinski definition) is 6. The quantitative estimate of drug-likeness (QED) is 0.454. The third-order valence-electron chi connectivity index (χ3n) is 3.08. The molecule has 7 nitrogen and oxygen atoms in total. The number of para-hydroxylation sites is 1. The minimum absolute atomic E-state index is 0.0469. The Morgan fingerprint density at radius 2 is 1.80 bits per heavy atom. The van der Waals surface area contributed by atoms with Crippen LogP contribution in [0.5, 0.6) is 0 Å². The molecule has 0 aromatic heterocycles. The van der Waals surface area contributed by atoms with Gasteiger partial charge < -0.3 is 9.87 Å². The SMILES string of the molecule is C/C(CC(=O)Nc1ccccc1Cl)=N/Nc1ccc(S(=O)(=O)[O-])cc1. The van der Waals surface area contributed by atoms with Crippen LogP contribution in [0.4, 0.5) is 11.4 Å². The van der Waals surface area contributed by atoms with E-state index in [1.54, 1.807) is 31.2 Å². The van der Waals surface area contributed by atoms with Gasteiger partial charge in [-0.25, -0.2) is 8.42 Å². The number of rotatable bonds is 6. The average molecular weight is 381 g/mol. The second-order valence-electron chi connectivity index (χ2n) is 5.14. The average Bonchev–Trinajstić information content (AvgIpc) is 2.54. The van der Waals surface area contributed by atoms with Gasteiger partial charge in [-0.15, -0.1) is 0 Å². The predicted octanol–water partition coefficient (Wildman–Crippen LogP) is 3.06. The Bertz CT molecular complexity index is 896. The summed E-state index contributed by atoms with van der Waals surface area (Å²) in [7, 11) is -4.48. The van der Waals surface area contributed by atoms with Gasteiger partial charge in [-0.05, 0) is 43.3 Å². The first-order valence-electron chi connectivity index (χ1n) is 7.15. The molecule has 2 aromatic rings. The molecule has 0 radical (unpaired) electrons. The number of amides is 1. The summed E-state index contributed by atoms with van der Waals surface area (Å²) in [6.45, 7) is 1.66. The van der Waals surface area contributed by atoms with Gasteiger partial charge >= 0.3 is 0 Å². The Balaban J connectivity index is 1.93. The van der Waals surface area contributed by atoms with Crippen LogP contribution in [0.25, 0.3) is 0 Å². The number of nitrogens with one attached hydrogen (secondary N) is 2. The summed E-state index contributed by atoms with van der Waals surface area (Å²) in [4.78, 5) is 11.6. The molecule has 0 heterocycles. The lowest BCUT2D eigenvalue weighted by atomic mass is 10.2. The number of anilines is 2. The summed E-state index contributed by atoms with van der Waals surface area (Å²) in [6.07, 6.45) is 0.0469. The van der Waals surface area contributed by atoms with Crippen LogP contribution in [0, 0.1) is 0 Å².